The van der Waals surface area contributed by atoms with Crippen molar-refractivity contribution in [3.05, 3.63) is 29.3 Å². The quantitative estimate of drug-likeness (QED) is 0.349. The van der Waals surface area contributed by atoms with E-state index in [1.165, 1.54) is 12.1 Å². The van der Waals surface area contributed by atoms with Crippen LogP contribution in [0.1, 0.15) is 91.0 Å². The van der Waals surface area contributed by atoms with E-state index in [4.69, 9.17) is 4.74 Å². The average molecular weight is 622 g/mol. The number of hydrogen-bond acceptors (Lipinski definition) is 6. The predicted octanol–water partition coefficient (Wildman–Crippen LogP) is 4.54. The number of hydrogen-bond donors (Lipinski definition) is 3. The summed E-state index contributed by atoms with van der Waals surface area (Å²) >= 11 is 0. The number of anilines is 1. The lowest BCUT2D eigenvalue weighted by Gasteiger charge is -2.36. The molecule has 10 nitrogen and oxygen atoms in total. The Labute approximate surface area is 259 Å². The molecule has 0 bridgehead atoms. The third-order valence-electron chi connectivity index (χ3n) is 8.41. The van der Waals surface area contributed by atoms with Crippen LogP contribution in [0.15, 0.2) is 12.1 Å². The number of carbonyl (C=O) groups is 4. The molecule has 1 aliphatic heterocycles. The number of likely N-dealkylation sites (N-methyl/N-ethyl adjacent to an activating group) is 1. The molecule has 3 N–H and O–H groups in total. The number of piperazine rings is 1. The van der Waals surface area contributed by atoms with Gasteiger partial charge in [-0.05, 0) is 58.2 Å². The Balaban J connectivity index is 1.84. The molecular formula is C32H49F2N5O5. The first-order chi connectivity index (χ1) is 20.7. The Morgan fingerprint density at radius 3 is 2.14 bits per heavy atom. The Hall–Kier alpha value is -3.28. The molecule has 3 atom stereocenters. The highest BCUT2D eigenvalue weighted by molar-refractivity contribution is 5.97. The van der Waals surface area contributed by atoms with E-state index in [1.807, 2.05) is 7.05 Å². The minimum atomic E-state index is -1.29. The first kappa shape index (κ1) is 35.2. The smallest absolute Gasteiger partial charge is 0.408 e. The molecule has 1 saturated heterocycles. The number of carbonyl (C=O) groups excluding carboxylic acids is 4. The molecule has 0 unspecified atom stereocenters. The number of benzene rings is 1. The van der Waals surface area contributed by atoms with E-state index in [2.05, 4.69) is 20.9 Å². The van der Waals surface area contributed by atoms with E-state index in [1.54, 1.807) is 39.5 Å². The summed E-state index contributed by atoms with van der Waals surface area (Å²) in [6, 6.07) is 0.471. The lowest BCUT2D eigenvalue weighted by Crippen LogP contribution is -2.55. The van der Waals surface area contributed by atoms with E-state index >= 15 is 8.78 Å². The number of halogens is 2. The van der Waals surface area contributed by atoms with Crippen LogP contribution < -0.4 is 16.0 Å². The summed E-state index contributed by atoms with van der Waals surface area (Å²) in [6.07, 6.45) is 4.59. The monoisotopic (exact) mass is 621 g/mol. The van der Waals surface area contributed by atoms with Gasteiger partial charge in [0.15, 0.2) is 11.6 Å². The molecule has 1 aromatic carbocycles. The third-order valence-corrected chi connectivity index (χ3v) is 8.41. The Bertz CT molecular complexity index is 1170. The van der Waals surface area contributed by atoms with Crippen LogP contribution in [-0.2, 0) is 19.1 Å². The van der Waals surface area contributed by atoms with Gasteiger partial charge < -0.3 is 30.5 Å². The Morgan fingerprint density at radius 1 is 0.955 bits per heavy atom. The number of amides is 4. The van der Waals surface area contributed by atoms with Gasteiger partial charge in [-0.15, -0.1) is 0 Å². The molecule has 2 aliphatic rings. The van der Waals surface area contributed by atoms with Crippen molar-refractivity contribution >= 4 is 29.5 Å². The van der Waals surface area contributed by atoms with Crippen LogP contribution in [0.3, 0.4) is 0 Å². The molecule has 1 saturated carbocycles. The van der Waals surface area contributed by atoms with E-state index in [0.29, 0.717) is 39.0 Å². The maximum atomic E-state index is 15.6. The van der Waals surface area contributed by atoms with Crippen LogP contribution in [0.5, 0.6) is 0 Å². The maximum Gasteiger partial charge on any atom is 0.408 e. The lowest BCUT2D eigenvalue weighted by molar-refractivity contribution is -0.138. The van der Waals surface area contributed by atoms with Crippen LogP contribution in [0, 0.1) is 17.6 Å². The number of ether oxygens (including phenoxy) is 1. The van der Waals surface area contributed by atoms with Gasteiger partial charge in [-0.2, -0.15) is 0 Å². The molecule has 12 heteroatoms. The summed E-state index contributed by atoms with van der Waals surface area (Å²) in [7, 11) is 1.95. The molecule has 44 heavy (non-hydrogen) atoms. The first-order valence-electron chi connectivity index (χ1n) is 15.8. The van der Waals surface area contributed by atoms with Gasteiger partial charge in [-0.25, -0.2) is 13.6 Å². The van der Waals surface area contributed by atoms with E-state index < -0.39 is 47.2 Å². The highest BCUT2D eigenvalue weighted by Crippen LogP contribution is 2.31. The van der Waals surface area contributed by atoms with Crippen molar-refractivity contribution in [3.63, 3.8) is 0 Å². The normalized spacial score (nSPS) is 18.9. The summed E-state index contributed by atoms with van der Waals surface area (Å²) in [5.74, 6) is -5.00. The number of nitrogens with one attached hydrogen (secondary N) is 3. The number of alkyl carbamates (subject to hydrolysis) is 1. The van der Waals surface area contributed by atoms with Gasteiger partial charge in [-0.3, -0.25) is 14.4 Å². The van der Waals surface area contributed by atoms with Gasteiger partial charge >= 0.3 is 6.09 Å². The van der Waals surface area contributed by atoms with Gasteiger partial charge in [0.1, 0.15) is 17.7 Å². The highest BCUT2D eigenvalue weighted by Gasteiger charge is 2.36. The number of rotatable bonds is 9. The Morgan fingerprint density at radius 2 is 1.57 bits per heavy atom. The molecule has 246 valence electrons. The van der Waals surface area contributed by atoms with Crippen LogP contribution in [0.4, 0.5) is 19.3 Å². The summed E-state index contributed by atoms with van der Waals surface area (Å²) in [6.45, 7) is 10.6. The van der Waals surface area contributed by atoms with Crippen LogP contribution in [0.2, 0.25) is 0 Å². The number of nitrogens with zero attached hydrogens (tertiary/aromatic N) is 2. The fourth-order valence-corrected chi connectivity index (χ4v) is 5.78. The largest absolute Gasteiger partial charge is 0.444 e. The molecule has 0 aromatic heterocycles. The average Bonchev–Trinajstić information content (AvgIpc) is 3.25. The van der Waals surface area contributed by atoms with Gasteiger partial charge in [0.05, 0.1) is 5.69 Å². The topological polar surface area (TPSA) is 120 Å². The first-order valence-corrected chi connectivity index (χ1v) is 15.8. The minimum Gasteiger partial charge on any atom is -0.444 e. The van der Waals surface area contributed by atoms with Crippen molar-refractivity contribution in [1.82, 2.24) is 20.4 Å². The highest BCUT2D eigenvalue weighted by atomic mass is 19.2. The minimum absolute atomic E-state index is 0.100. The zero-order valence-corrected chi connectivity index (χ0v) is 26.9. The second kappa shape index (κ2) is 15.6. The fourth-order valence-electron chi connectivity index (χ4n) is 5.78. The molecule has 4 amide bonds. The van der Waals surface area contributed by atoms with Crippen molar-refractivity contribution in [1.29, 1.82) is 0 Å². The van der Waals surface area contributed by atoms with Crippen molar-refractivity contribution in [2.24, 2.45) is 5.92 Å². The molecule has 1 aliphatic carbocycles. The Kier molecular flexibility index (Phi) is 12.5. The van der Waals surface area contributed by atoms with Crippen molar-refractivity contribution in [2.75, 3.05) is 38.5 Å². The zero-order valence-electron chi connectivity index (χ0n) is 26.9. The fraction of sp³-hybridized carbons (Fsp3) is 0.688. The summed E-state index contributed by atoms with van der Waals surface area (Å²) in [5, 5.41) is 7.85. The molecule has 1 heterocycles. The van der Waals surface area contributed by atoms with Crippen LogP contribution >= 0.6 is 0 Å². The maximum absolute atomic E-state index is 15.6. The summed E-state index contributed by atoms with van der Waals surface area (Å²) in [4.78, 5) is 55.7. The third kappa shape index (κ3) is 9.61. The SMILES string of the molecule is CCC(=O)N[C@@H](C(=O)N1CCN(C)CC1)[C@@H](C)c1ccc(NC(=O)[C@@H](NC(=O)OC(C)(C)C)C2CCCCCC2)c(F)c1F. The van der Waals surface area contributed by atoms with Crippen molar-refractivity contribution in [2.45, 2.75) is 103 Å². The van der Waals surface area contributed by atoms with Crippen molar-refractivity contribution in [3.8, 4) is 0 Å². The standard InChI is InChI=1S/C32H49F2N5O5/c1-7-24(40)36-27(30(42)39-18-16-38(6)17-19-39)20(2)22-14-15-23(26(34)25(22)33)35-29(41)28(21-12-10-8-9-11-13-21)37-31(43)44-32(3,4)5/h14-15,20-21,27-28H,7-13,16-19H2,1-6H3,(H,35,41)(H,36,40)(H,37,43)/t20-,27+,28-/m0/s1. The summed E-state index contributed by atoms with van der Waals surface area (Å²) in [5.41, 5.74) is -1.26. The zero-order chi connectivity index (χ0) is 32.6. The van der Waals surface area contributed by atoms with Crippen LogP contribution in [-0.4, -0.2) is 84.5 Å². The molecule has 3 rings (SSSR count). The van der Waals surface area contributed by atoms with Gasteiger partial charge in [0.25, 0.3) is 0 Å². The predicted molar refractivity (Wildman–Crippen MR) is 164 cm³/mol. The molecule has 0 spiro atoms. The van der Waals surface area contributed by atoms with Gasteiger partial charge in [0.2, 0.25) is 17.7 Å². The summed E-state index contributed by atoms with van der Waals surface area (Å²) < 4.78 is 36.6. The van der Waals surface area contributed by atoms with E-state index in [9.17, 15) is 19.2 Å². The second-order valence-corrected chi connectivity index (χ2v) is 13.0. The molecule has 2 fully saturated rings. The molecule has 0 radical (unpaired) electrons. The van der Waals surface area contributed by atoms with Crippen LogP contribution in [0.25, 0.3) is 0 Å². The molecular weight excluding hydrogens is 572 g/mol. The molecule has 1 aromatic rings. The second-order valence-electron chi connectivity index (χ2n) is 13.0. The van der Waals surface area contributed by atoms with Crippen molar-refractivity contribution < 1.29 is 32.7 Å². The van der Waals surface area contributed by atoms with E-state index in [0.717, 1.165) is 25.7 Å². The lowest BCUT2D eigenvalue weighted by atomic mass is 9.90. The van der Waals surface area contributed by atoms with Gasteiger partial charge in [-0.1, -0.05) is 45.6 Å². The van der Waals surface area contributed by atoms with Gasteiger partial charge in [0, 0.05) is 38.5 Å². The van der Waals surface area contributed by atoms with E-state index in [-0.39, 0.29) is 35.4 Å².